The van der Waals surface area contributed by atoms with E-state index in [4.69, 9.17) is 4.74 Å². The summed E-state index contributed by atoms with van der Waals surface area (Å²) in [4.78, 5) is 24.1. The van der Waals surface area contributed by atoms with Gasteiger partial charge in [0, 0.05) is 30.6 Å². The van der Waals surface area contributed by atoms with Crippen LogP contribution in [0.1, 0.15) is 30.4 Å². The summed E-state index contributed by atoms with van der Waals surface area (Å²) in [5.74, 6) is -0.218. The van der Waals surface area contributed by atoms with Gasteiger partial charge in [-0.25, -0.2) is 0 Å². The van der Waals surface area contributed by atoms with Crippen molar-refractivity contribution in [3.05, 3.63) is 71.8 Å². The molecule has 4 atom stereocenters. The summed E-state index contributed by atoms with van der Waals surface area (Å²) in [6.45, 7) is 1.36. The molecule has 2 fully saturated rings. The Bertz CT molecular complexity index is 753. The van der Waals surface area contributed by atoms with Crippen molar-refractivity contribution in [1.82, 2.24) is 0 Å². The Morgan fingerprint density at radius 2 is 1.61 bits per heavy atom. The first-order chi connectivity index (χ1) is 11.1. The largest absolute Gasteiger partial charge is 0.454 e. The average molecular weight is 306 g/mol. The predicted molar refractivity (Wildman–Crippen MR) is 86.0 cm³/mol. The maximum absolute atomic E-state index is 12.8. The molecule has 0 N–H and O–H groups in total. The normalized spacial score (nSPS) is 31.5. The van der Waals surface area contributed by atoms with Crippen molar-refractivity contribution in [2.45, 2.75) is 30.8 Å². The molecule has 0 aliphatic heterocycles. The van der Waals surface area contributed by atoms with E-state index in [2.05, 4.69) is 24.3 Å². The highest BCUT2D eigenvalue weighted by Gasteiger charge is 2.75. The Hall–Kier alpha value is -2.42. The molecule has 2 aromatic carbocycles. The molecular formula is C20H18O3. The van der Waals surface area contributed by atoms with Crippen LogP contribution in [0.25, 0.3) is 0 Å². The van der Waals surface area contributed by atoms with Gasteiger partial charge in [0.2, 0.25) is 0 Å². The number of carbonyl (C=O) groups is 2. The maximum atomic E-state index is 12.8. The van der Waals surface area contributed by atoms with Crippen molar-refractivity contribution >= 4 is 11.8 Å². The second-order valence-electron chi connectivity index (χ2n) is 6.48. The van der Waals surface area contributed by atoms with Gasteiger partial charge in [-0.3, -0.25) is 9.59 Å². The molecule has 0 bridgehead atoms. The Morgan fingerprint density at radius 3 is 2.22 bits per heavy atom. The highest BCUT2D eigenvalue weighted by Crippen LogP contribution is 2.72. The first-order valence-electron chi connectivity index (χ1n) is 7.96. The fourth-order valence-corrected chi connectivity index (χ4v) is 4.40. The molecule has 2 saturated carbocycles. The fraction of sp³-hybridized carbons (Fsp3) is 0.300. The van der Waals surface area contributed by atoms with Crippen LogP contribution in [0, 0.1) is 5.92 Å². The third kappa shape index (κ3) is 2.03. The minimum absolute atomic E-state index is 0.0675. The molecule has 4 rings (SSSR count). The number of ether oxygens (including phenoxy) is 1. The van der Waals surface area contributed by atoms with E-state index >= 15 is 0 Å². The molecule has 3 nitrogen and oxygen atoms in total. The molecule has 0 radical (unpaired) electrons. The fourth-order valence-electron chi connectivity index (χ4n) is 4.40. The van der Waals surface area contributed by atoms with Crippen molar-refractivity contribution in [2.24, 2.45) is 5.92 Å². The molecule has 0 amide bonds. The van der Waals surface area contributed by atoms with Gasteiger partial charge in [0.05, 0.1) is 0 Å². The topological polar surface area (TPSA) is 43.4 Å². The van der Waals surface area contributed by atoms with Gasteiger partial charge in [0.25, 0.3) is 0 Å². The number of hydrogen-bond acceptors (Lipinski definition) is 3. The molecule has 0 saturated heterocycles. The number of fused-ring (bicyclic) bond motifs is 1. The second-order valence-corrected chi connectivity index (χ2v) is 6.48. The van der Waals surface area contributed by atoms with Crippen LogP contribution >= 0.6 is 0 Å². The van der Waals surface area contributed by atoms with Gasteiger partial charge in [0.1, 0.15) is 0 Å². The van der Waals surface area contributed by atoms with Crippen molar-refractivity contribution in [3.8, 4) is 0 Å². The number of esters is 1. The van der Waals surface area contributed by atoms with Crippen LogP contribution < -0.4 is 0 Å². The zero-order chi connectivity index (χ0) is 16.0. The Kier molecular flexibility index (Phi) is 3.12. The molecule has 0 spiro atoms. The summed E-state index contributed by atoms with van der Waals surface area (Å²) in [7, 11) is 0. The zero-order valence-electron chi connectivity index (χ0n) is 12.9. The second kappa shape index (κ2) is 5.05. The number of Topliss-reactive ketones (excluding diaryl/α,β-unsaturated/α-hetero) is 1. The van der Waals surface area contributed by atoms with Crippen LogP contribution in [0.3, 0.4) is 0 Å². The Labute approximate surface area is 135 Å². The number of hydrogen-bond donors (Lipinski definition) is 0. The smallest absolute Gasteiger partial charge is 0.303 e. The number of carbonyl (C=O) groups excluding carboxylic acids is 2. The molecule has 2 aromatic rings. The van der Waals surface area contributed by atoms with Crippen molar-refractivity contribution < 1.29 is 14.3 Å². The lowest BCUT2D eigenvalue weighted by Crippen LogP contribution is -2.26. The van der Waals surface area contributed by atoms with E-state index in [1.54, 1.807) is 0 Å². The number of benzene rings is 2. The first kappa shape index (κ1) is 14.2. The van der Waals surface area contributed by atoms with Crippen molar-refractivity contribution in [3.63, 3.8) is 0 Å². The molecule has 2 aliphatic rings. The highest BCUT2D eigenvalue weighted by atomic mass is 16.5. The summed E-state index contributed by atoms with van der Waals surface area (Å²) in [6, 6.07) is 20.3. The van der Waals surface area contributed by atoms with Crippen molar-refractivity contribution in [1.29, 1.82) is 0 Å². The van der Waals surface area contributed by atoms with Crippen LogP contribution in [0.4, 0.5) is 0 Å². The molecule has 2 aliphatic carbocycles. The van der Waals surface area contributed by atoms with Crippen LogP contribution in [-0.2, 0) is 19.7 Å². The van der Waals surface area contributed by atoms with Gasteiger partial charge in [-0.15, -0.1) is 0 Å². The van der Waals surface area contributed by atoms with Crippen LogP contribution in [0.5, 0.6) is 0 Å². The van der Waals surface area contributed by atoms with Gasteiger partial charge < -0.3 is 4.74 Å². The lowest BCUT2D eigenvalue weighted by atomic mass is 9.87. The van der Waals surface area contributed by atoms with Gasteiger partial charge in [-0.2, -0.15) is 0 Å². The van der Waals surface area contributed by atoms with E-state index in [9.17, 15) is 9.59 Å². The lowest BCUT2D eigenvalue weighted by Gasteiger charge is -2.20. The van der Waals surface area contributed by atoms with E-state index in [0.29, 0.717) is 6.42 Å². The summed E-state index contributed by atoms with van der Waals surface area (Å²) in [5, 5.41) is 0. The number of ketones is 1. The van der Waals surface area contributed by atoms with E-state index < -0.39 is 6.10 Å². The zero-order valence-corrected chi connectivity index (χ0v) is 12.9. The van der Waals surface area contributed by atoms with E-state index in [0.717, 1.165) is 0 Å². The molecule has 0 unspecified atom stereocenters. The van der Waals surface area contributed by atoms with E-state index in [1.807, 2.05) is 36.4 Å². The van der Waals surface area contributed by atoms with Gasteiger partial charge in [0.15, 0.2) is 11.9 Å². The van der Waals surface area contributed by atoms with Gasteiger partial charge >= 0.3 is 5.97 Å². The Balaban J connectivity index is 1.75. The third-order valence-corrected chi connectivity index (χ3v) is 5.26. The van der Waals surface area contributed by atoms with Gasteiger partial charge in [-0.1, -0.05) is 60.7 Å². The summed E-state index contributed by atoms with van der Waals surface area (Å²) in [5.41, 5.74) is 2.14. The average Bonchev–Trinajstić information content (AvgIpc) is 3.16. The van der Waals surface area contributed by atoms with E-state index in [-0.39, 0.29) is 29.0 Å². The van der Waals surface area contributed by atoms with Crippen molar-refractivity contribution in [2.75, 3.05) is 0 Å². The predicted octanol–water partition coefficient (Wildman–Crippen LogP) is 3.24. The quantitative estimate of drug-likeness (QED) is 0.818. The molecular weight excluding hydrogens is 288 g/mol. The molecule has 23 heavy (non-hydrogen) atoms. The summed E-state index contributed by atoms with van der Waals surface area (Å²) in [6.07, 6.45) is -0.0164. The summed E-state index contributed by atoms with van der Waals surface area (Å²) < 4.78 is 5.27. The standard InChI is InChI=1S/C20H18O3/c1-13(21)23-16-12-20(15-10-6-3-7-11-15)17(18(20)19(16)22)14-8-4-2-5-9-14/h2-11,16-18H,12H2,1H3/t16-,17-,18-,20+/m1/s1. The summed E-state index contributed by atoms with van der Waals surface area (Å²) >= 11 is 0. The molecule has 0 heterocycles. The molecule has 3 heteroatoms. The van der Waals surface area contributed by atoms with Gasteiger partial charge in [-0.05, 0) is 11.1 Å². The van der Waals surface area contributed by atoms with Crippen LogP contribution in [0.15, 0.2) is 60.7 Å². The molecule has 0 aromatic heterocycles. The number of rotatable bonds is 3. The Morgan fingerprint density at radius 1 is 1.00 bits per heavy atom. The van der Waals surface area contributed by atoms with Crippen LogP contribution in [-0.4, -0.2) is 17.9 Å². The minimum Gasteiger partial charge on any atom is -0.454 e. The van der Waals surface area contributed by atoms with Crippen LogP contribution in [0.2, 0.25) is 0 Å². The lowest BCUT2D eigenvalue weighted by molar-refractivity contribution is -0.152. The first-order valence-corrected chi connectivity index (χ1v) is 7.96. The molecule has 116 valence electrons. The van der Waals surface area contributed by atoms with E-state index in [1.165, 1.54) is 18.1 Å². The third-order valence-electron chi connectivity index (χ3n) is 5.26. The highest BCUT2D eigenvalue weighted by molar-refractivity contribution is 5.97. The maximum Gasteiger partial charge on any atom is 0.303 e. The SMILES string of the molecule is CC(=O)O[C@@H]1C[C@]2(c3ccccc3)[C@H](c3ccccc3)[C@@H]2C1=O. The monoisotopic (exact) mass is 306 g/mol. The minimum atomic E-state index is -0.599.